The number of amides is 2. The third-order valence-corrected chi connectivity index (χ3v) is 9.40. The fraction of sp³-hybridized carbons (Fsp3) is 0.395. The molecule has 10 heteroatoms. The van der Waals surface area contributed by atoms with Gasteiger partial charge < -0.3 is 33.7 Å². The second kappa shape index (κ2) is 15.5. The molecule has 252 valence electrons. The largest absolute Gasteiger partial charge is 0.494 e. The van der Waals surface area contributed by atoms with Gasteiger partial charge in [0.1, 0.15) is 18.0 Å². The summed E-state index contributed by atoms with van der Waals surface area (Å²) in [4.78, 5) is 36.0. The Hall–Kier alpha value is -4.67. The lowest BCUT2D eigenvalue weighted by Crippen LogP contribution is -2.57. The average molecular weight is 653 g/mol. The minimum Gasteiger partial charge on any atom is -0.494 e. The van der Waals surface area contributed by atoms with Crippen LogP contribution in [0.1, 0.15) is 54.2 Å². The Morgan fingerprint density at radius 3 is 2.38 bits per heavy atom. The van der Waals surface area contributed by atoms with Crippen molar-refractivity contribution in [3.63, 3.8) is 0 Å². The zero-order valence-corrected chi connectivity index (χ0v) is 27.4. The molecule has 3 aromatic carbocycles. The molecule has 48 heavy (non-hydrogen) atoms. The Morgan fingerprint density at radius 2 is 1.65 bits per heavy atom. The number of nitrogens with zero attached hydrogens (tertiary/aromatic N) is 4. The van der Waals surface area contributed by atoms with Gasteiger partial charge in [0, 0.05) is 38.7 Å². The zero-order valence-electron chi connectivity index (χ0n) is 27.4. The minimum absolute atomic E-state index is 0.176. The normalized spacial score (nSPS) is 21.1. The molecular weight excluding hydrogens is 608 g/mol. The van der Waals surface area contributed by atoms with Crippen molar-refractivity contribution < 1.29 is 28.9 Å². The molecule has 4 aromatic rings. The number of carbonyl (C=O) groups excluding carboxylic acids is 2. The molecule has 2 amide bonds. The Labute approximate surface area is 281 Å². The van der Waals surface area contributed by atoms with Crippen LogP contribution < -0.4 is 4.74 Å². The van der Waals surface area contributed by atoms with Crippen LogP contribution in [0.15, 0.2) is 97.3 Å². The van der Waals surface area contributed by atoms with Gasteiger partial charge in [-0.2, -0.15) is 0 Å². The SMILES string of the molecule is COC[C@]1(O)CCCC[C@H]1n1cnc(C(=O)N2CCN(C(=O)OCc3ccccc3)C[C@H]2CCOc2ccccc2)c1-c1ccccc1. The van der Waals surface area contributed by atoms with Crippen molar-refractivity contribution in [1.29, 1.82) is 0 Å². The first kappa shape index (κ1) is 33.2. The van der Waals surface area contributed by atoms with E-state index < -0.39 is 11.7 Å². The van der Waals surface area contributed by atoms with E-state index in [-0.39, 0.29) is 31.2 Å². The van der Waals surface area contributed by atoms with Gasteiger partial charge in [0.2, 0.25) is 0 Å². The van der Waals surface area contributed by atoms with Crippen molar-refractivity contribution in [2.45, 2.75) is 56.4 Å². The number of benzene rings is 3. The summed E-state index contributed by atoms with van der Waals surface area (Å²) < 4.78 is 19.1. The number of hydrogen-bond acceptors (Lipinski definition) is 7. The molecular formula is C38H44N4O6. The van der Waals surface area contributed by atoms with Crippen LogP contribution in [0.5, 0.6) is 5.75 Å². The highest BCUT2D eigenvalue weighted by Crippen LogP contribution is 2.41. The smallest absolute Gasteiger partial charge is 0.410 e. The fourth-order valence-corrected chi connectivity index (χ4v) is 6.97. The molecule has 1 saturated heterocycles. The summed E-state index contributed by atoms with van der Waals surface area (Å²) in [6, 6.07) is 28.2. The van der Waals surface area contributed by atoms with Crippen LogP contribution in [-0.2, 0) is 16.1 Å². The maximum absolute atomic E-state index is 14.6. The highest BCUT2D eigenvalue weighted by atomic mass is 16.6. The van der Waals surface area contributed by atoms with Crippen molar-refractivity contribution in [3.8, 4) is 17.0 Å². The Morgan fingerprint density at radius 1 is 0.938 bits per heavy atom. The van der Waals surface area contributed by atoms with Gasteiger partial charge in [0.15, 0.2) is 5.69 Å². The number of aliphatic hydroxyl groups is 1. The molecule has 0 spiro atoms. The summed E-state index contributed by atoms with van der Waals surface area (Å²) >= 11 is 0. The van der Waals surface area contributed by atoms with E-state index >= 15 is 0 Å². The van der Waals surface area contributed by atoms with Crippen LogP contribution in [0, 0.1) is 0 Å². The zero-order chi connectivity index (χ0) is 33.3. The van der Waals surface area contributed by atoms with E-state index in [0.717, 1.165) is 36.1 Å². The molecule has 0 bridgehead atoms. The van der Waals surface area contributed by atoms with Gasteiger partial charge in [-0.3, -0.25) is 4.79 Å². The van der Waals surface area contributed by atoms with Gasteiger partial charge in [0.25, 0.3) is 5.91 Å². The number of hydrogen-bond donors (Lipinski definition) is 1. The van der Waals surface area contributed by atoms with Crippen LogP contribution in [0.3, 0.4) is 0 Å². The topological polar surface area (TPSA) is 106 Å². The van der Waals surface area contributed by atoms with Crippen molar-refractivity contribution in [2.75, 3.05) is 40.0 Å². The molecule has 3 atom stereocenters. The van der Waals surface area contributed by atoms with Crippen molar-refractivity contribution >= 4 is 12.0 Å². The molecule has 2 aliphatic rings. The summed E-state index contributed by atoms with van der Waals surface area (Å²) in [5.41, 5.74) is 1.66. The average Bonchev–Trinajstić information content (AvgIpc) is 3.56. The highest BCUT2D eigenvalue weighted by Gasteiger charge is 2.43. The number of ether oxygens (including phenoxy) is 3. The monoisotopic (exact) mass is 652 g/mol. The molecule has 1 aliphatic heterocycles. The molecule has 6 rings (SSSR count). The van der Waals surface area contributed by atoms with E-state index in [4.69, 9.17) is 19.2 Å². The quantitative estimate of drug-likeness (QED) is 0.213. The molecule has 2 fully saturated rings. The molecule has 1 saturated carbocycles. The van der Waals surface area contributed by atoms with Gasteiger partial charge in [-0.05, 0) is 30.5 Å². The van der Waals surface area contributed by atoms with Gasteiger partial charge in [-0.15, -0.1) is 0 Å². The number of methoxy groups -OCH3 is 1. The first-order chi connectivity index (χ1) is 23.5. The molecule has 0 radical (unpaired) electrons. The number of piperazine rings is 1. The second-order valence-corrected chi connectivity index (χ2v) is 12.6. The standard InChI is InChI=1S/C38H44N4O6/c1-46-27-38(45)21-12-11-19-33(38)42-28-39-34(35(42)30-15-7-3-8-16-30)36(43)41-23-22-40(37(44)48-26-29-13-5-2-6-14-29)25-31(41)20-24-47-32-17-9-4-10-18-32/h2-10,13-18,28,31,33,45H,11-12,19-27H2,1H3/t31-,33-,38-/m1/s1. The number of carbonyl (C=O) groups is 2. The maximum atomic E-state index is 14.6. The van der Waals surface area contributed by atoms with Crippen LogP contribution in [0.2, 0.25) is 0 Å². The van der Waals surface area contributed by atoms with Crippen LogP contribution >= 0.6 is 0 Å². The Balaban J connectivity index is 1.27. The lowest BCUT2D eigenvalue weighted by Gasteiger charge is -2.41. The molecule has 1 N–H and O–H groups in total. The first-order valence-corrected chi connectivity index (χ1v) is 16.7. The summed E-state index contributed by atoms with van der Waals surface area (Å²) in [7, 11) is 1.60. The number of imidazole rings is 1. The lowest BCUT2D eigenvalue weighted by molar-refractivity contribution is -0.0893. The van der Waals surface area contributed by atoms with Gasteiger partial charge in [-0.25, -0.2) is 9.78 Å². The fourth-order valence-electron chi connectivity index (χ4n) is 6.97. The number of rotatable bonds is 11. The molecule has 0 unspecified atom stereocenters. The van der Waals surface area contributed by atoms with E-state index in [1.165, 1.54) is 0 Å². The summed E-state index contributed by atoms with van der Waals surface area (Å²) in [6.07, 6.45) is 4.99. The first-order valence-electron chi connectivity index (χ1n) is 16.7. The Bertz CT molecular complexity index is 1630. The van der Waals surface area contributed by atoms with E-state index in [9.17, 15) is 14.7 Å². The van der Waals surface area contributed by atoms with Crippen LogP contribution in [0.4, 0.5) is 4.79 Å². The van der Waals surface area contributed by atoms with E-state index in [1.54, 1.807) is 18.3 Å². The van der Waals surface area contributed by atoms with E-state index in [1.807, 2.05) is 100 Å². The number of para-hydroxylation sites is 1. The van der Waals surface area contributed by atoms with Crippen LogP contribution in [0.25, 0.3) is 11.3 Å². The second-order valence-electron chi connectivity index (χ2n) is 12.6. The highest BCUT2D eigenvalue weighted by molar-refractivity contribution is 5.98. The van der Waals surface area contributed by atoms with Crippen LogP contribution in [-0.4, -0.2) is 88.1 Å². The summed E-state index contributed by atoms with van der Waals surface area (Å²) in [5, 5.41) is 11.8. The third kappa shape index (κ3) is 7.55. The minimum atomic E-state index is -1.08. The Kier molecular flexibility index (Phi) is 10.7. The molecule has 1 aromatic heterocycles. The lowest BCUT2D eigenvalue weighted by atomic mass is 9.80. The van der Waals surface area contributed by atoms with E-state index in [2.05, 4.69) is 0 Å². The summed E-state index contributed by atoms with van der Waals surface area (Å²) in [5.74, 6) is 0.521. The molecule has 10 nitrogen and oxygen atoms in total. The van der Waals surface area contributed by atoms with Gasteiger partial charge in [-0.1, -0.05) is 91.7 Å². The third-order valence-electron chi connectivity index (χ3n) is 9.40. The molecule has 2 heterocycles. The molecule has 1 aliphatic carbocycles. The summed E-state index contributed by atoms with van der Waals surface area (Å²) in [6.45, 7) is 1.67. The van der Waals surface area contributed by atoms with Crippen molar-refractivity contribution in [1.82, 2.24) is 19.4 Å². The van der Waals surface area contributed by atoms with Gasteiger partial charge >= 0.3 is 6.09 Å². The maximum Gasteiger partial charge on any atom is 0.410 e. The van der Waals surface area contributed by atoms with Crippen molar-refractivity contribution in [2.24, 2.45) is 0 Å². The van der Waals surface area contributed by atoms with E-state index in [0.29, 0.717) is 50.5 Å². The van der Waals surface area contributed by atoms with Gasteiger partial charge in [0.05, 0.1) is 37.3 Å². The number of aromatic nitrogens is 2. The predicted octanol–water partition coefficient (Wildman–Crippen LogP) is 5.98. The van der Waals surface area contributed by atoms with Crippen molar-refractivity contribution in [3.05, 3.63) is 109 Å². The predicted molar refractivity (Wildman–Crippen MR) is 182 cm³/mol.